The first kappa shape index (κ1) is 25.2. The number of anilines is 1. The molecule has 0 unspecified atom stereocenters. The number of hydrogen-bond acceptors (Lipinski definition) is 6. The predicted molar refractivity (Wildman–Crippen MR) is 125 cm³/mol. The van der Waals surface area contributed by atoms with Gasteiger partial charge in [-0.05, 0) is 50.1 Å². The standard InChI is InChI=1S/C22H29N3O6S2/c1-4-24(5-2)32(28,29)18-12-13-21(26)19(15-18)23-22(27)20-7-6-14-25(20)33(30,31)17-10-8-16(3)9-11-17/h8-13,15,20,26H,4-7,14H2,1-3H3,(H,23,27)/t20-/m0/s1. The van der Waals surface area contributed by atoms with Gasteiger partial charge < -0.3 is 10.4 Å². The Morgan fingerprint density at radius 1 is 1.06 bits per heavy atom. The molecule has 0 radical (unpaired) electrons. The van der Waals surface area contributed by atoms with E-state index >= 15 is 0 Å². The van der Waals surface area contributed by atoms with Gasteiger partial charge in [0.2, 0.25) is 26.0 Å². The molecule has 0 bridgehead atoms. The number of carbonyl (C=O) groups excluding carboxylic acids is 1. The van der Waals surface area contributed by atoms with Gasteiger partial charge in [0, 0.05) is 19.6 Å². The second kappa shape index (κ2) is 9.80. The Labute approximate surface area is 195 Å². The van der Waals surface area contributed by atoms with Crippen molar-refractivity contribution in [1.82, 2.24) is 8.61 Å². The van der Waals surface area contributed by atoms with Gasteiger partial charge in [-0.2, -0.15) is 8.61 Å². The van der Waals surface area contributed by atoms with Crippen LogP contribution in [0.5, 0.6) is 5.75 Å². The summed E-state index contributed by atoms with van der Waals surface area (Å²) in [5.74, 6) is -0.941. The van der Waals surface area contributed by atoms with Crippen LogP contribution in [-0.2, 0) is 24.8 Å². The largest absolute Gasteiger partial charge is 0.506 e. The number of nitrogens with zero attached hydrogens (tertiary/aromatic N) is 2. The fourth-order valence-corrected chi connectivity index (χ4v) is 6.98. The maximum atomic E-state index is 13.1. The van der Waals surface area contributed by atoms with Crippen LogP contribution in [0.15, 0.2) is 52.3 Å². The number of carbonyl (C=O) groups is 1. The van der Waals surface area contributed by atoms with Crippen molar-refractivity contribution in [3.05, 3.63) is 48.0 Å². The van der Waals surface area contributed by atoms with Gasteiger partial charge in [-0.15, -0.1) is 0 Å². The highest BCUT2D eigenvalue weighted by Gasteiger charge is 2.39. The number of benzene rings is 2. The maximum absolute atomic E-state index is 13.1. The van der Waals surface area contributed by atoms with E-state index in [4.69, 9.17) is 0 Å². The zero-order valence-corrected chi connectivity index (χ0v) is 20.5. The Balaban J connectivity index is 1.87. The van der Waals surface area contributed by atoms with Crippen LogP contribution in [-0.4, -0.2) is 62.1 Å². The van der Waals surface area contributed by atoms with Gasteiger partial charge in [0.15, 0.2) is 0 Å². The number of hydrogen-bond donors (Lipinski definition) is 2. The van der Waals surface area contributed by atoms with E-state index in [1.165, 1.54) is 34.6 Å². The monoisotopic (exact) mass is 495 g/mol. The molecule has 33 heavy (non-hydrogen) atoms. The normalized spacial score (nSPS) is 17.4. The van der Waals surface area contributed by atoms with Gasteiger partial charge in [0.25, 0.3) is 0 Å². The van der Waals surface area contributed by atoms with Crippen molar-refractivity contribution in [2.75, 3.05) is 25.0 Å². The molecule has 0 saturated carbocycles. The average Bonchev–Trinajstić information content (AvgIpc) is 3.27. The van der Waals surface area contributed by atoms with E-state index in [1.807, 2.05) is 6.92 Å². The Bertz CT molecular complexity index is 1220. The van der Waals surface area contributed by atoms with Crippen molar-refractivity contribution < 1.29 is 26.7 Å². The number of aromatic hydroxyl groups is 1. The molecule has 2 aromatic rings. The SMILES string of the molecule is CCN(CC)S(=O)(=O)c1ccc(O)c(NC(=O)[C@@H]2CCCN2S(=O)(=O)c2ccc(C)cc2)c1. The summed E-state index contributed by atoms with van der Waals surface area (Å²) in [6, 6.07) is 9.07. The van der Waals surface area contributed by atoms with Crippen LogP contribution in [0.25, 0.3) is 0 Å². The summed E-state index contributed by atoms with van der Waals surface area (Å²) in [7, 11) is -7.70. The number of phenols is 1. The lowest BCUT2D eigenvalue weighted by Gasteiger charge is -2.24. The van der Waals surface area contributed by atoms with Gasteiger partial charge in [-0.3, -0.25) is 4.79 Å². The number of rotatable bonds is 8. The van der Waals surface area contributed by atoms with Crippen LogP contribution in [0, 0.1) is 6.92 Å². The van der Waals surface area contributed by atoms with Gasteiger partial charge in [-0.1, -0.05) is 31.5 Å². The van der Waals surface area contributed by atoms with Crippen molar-refractivity contribution >= 4 is 31.6 Å². The van der Waals surface area contributed by atoms with Crippen LogP contribution in [0.2, 0.25) is 0 Å². The third-order valence-corrected chi connectivity index (χ3v) is 9.67. The van der Waals surface area contributed by atoms with Crippen LogP contribution < -0.4 is 5.32 Å². The highest BCUT2D eigenvalue weighted by molar-refractivity contribution is 7.89. The fourth-order valence-electron chi connectivity index (χ4n) is 3.84. The number of aryl methyl sites for hydroxylation is 1. The zero-order chi connectivity index (χ0) is 24.4. The molecule has 2 N–H and O–H groups in total. The third-order valence-electron chi connectivity index (χ3n) is 5.70. The van der Waals surface area contributed by atoms with E-state index < -0.39 is 32.0 Å². The van der Waals surface area contributed by atoms with Crippen molar-refractivity contribution in [2.24, 2.45) is 0 Å². The third kappa shape index (κ3) is 5.06. The van der Waals surface area contributed by atoms with E-state index in [-0.39, 0.29) is 40.9 Å². The molecule has 3 rings (SSSR count). The first-order chi connectivity index (χ1) is 15.5. The van der Waals surface area contributed by atoms with Crippen LogP contribution in [0.3, 0.4) is 0 Å². The number of amides is 1. The van der Waals surface area contributed by atoms with E-state index in [0.29, 0.717) is 12.8 Å². The van der Waals surface area contributed by atoms with Gasteiger partial charge in [-0.25, -0.2) is 16.8 Å². The molecule has 1 atom stereocenters. The predicted octanol–water partition coefficient (Wildman–Crippen LogP) is 2.52. The molecule has 1 amide bonds. The van der Waals surface area contributed by atoms with E-state index in [1.54, 1.807) is 26.0 Å². The average molecular weight is 496 g/mol. The lowest BCUT2D eigenvalue weighted by molar-refractivity contribution is -0.119. The second-order valence-corrected chi connectivity index (χ2v) is 11.7. The van der Waals surface area contributed by atoms with Crippen molar-refractivity contribution in [3.63, 3.8) is 0 Å². The molecule has 11 heteroatoms. The van der Waals surface area contributed by atoms with Gasteiger partial charge in [0.05, 0.1) is 15.5 Å². The minimum absolute atomic E-state index is 0.0742. The zero-order valence-electron chi connectivity index (χ0n) is 18.9. The number of nitrogens with one attached hydrogen (secondary N) is 1. The molecule has 2 aromatic carbocycles. The Hall–Kier alpha value is -2.47. The van der Waals surface area contributed by atoms with Crippen LogP contribution >= 0.6 is 0 Å². The Kier molecular flexibility index (Phi) is 7.47. The summed E-state index contributed by atoms with van der Waals surface area (Å²) in [6.07, 6.45) is 0.820. The summed E-state index contributed by atoms with van der Waals surface area (Å²) in [5, 5.41) is 12.7. The van der Waals surface area contributed by atoms with Crippen LogP contribution in [0.4, 0.5) is 5.69 Å². The number of phenolic OH excluding ortho intramolecular Hbond substituents is 1. The summed E-state index contributed by atoms with van der Waals surface area (Å²) in [5.41, 5.74) is 0.826. The lowest BCUT2D eigenvalue weighted by atomic mass is 10.2. The Morgan fingerprint density at radius 3 is 2.27 bits per heavy atom. The van der Waals surface area contributed by atoms with Crippen molar-refractivity contribution in [3.8, 4) is 5.75 Å². The fraction of sp³-hybridized carbons (Fsp3) is 0.409. The molecular formula is C22H29N3O6S2. The van der Waals surface area contributed by atoms with Crippen molar-refractivity contribution in [2.45, 2.75) is 49.4 Å². The van der Waals surface area contributed by atoms with Crippen molar-refractivity contribution in [1.29, 1.82) is 0 Å². The molecule has 1 heterocycles. The molecule has 0 aliphatic carbocycles. The van der Waals surface area contributed by atoms with E-state index in [2.05, 4.69) is 5.32 Å². The van der Waals surface area contributed by atoms with E-state index in [9.17, 15) is 26.7 Å². The molecular weight excluding hydrogens is 466 g/mol. The van der Waals surface area contributed by atoms with Gasteiger partial charge in [0.1, 0.15) is 11.8 Å². The summed E-state index contributed by atoms with van der Waals surface area (Å²) < 4.78 is 54.3. The van der Waals surface area contributed by atoms with Gasteiger partial charge >= 0.3 is 0 Å². The second-order valence-electron chi connectivity index (χ2n) is 7.84. The molecule has 0 aromatic heterocycles. The lowest BCUT2D eigenvalue weighted by Crippen LogP contribution is -2.43. The number of sulfonamides is 2. The quantitative estimate of drug-likeness (QED) is 0.543. The summed E-state index contributed by atoms with van der Waals surface area (Å²) >= 11 is 0. The van der Waals surface area contributed by atoms with Crippen LogP contribution in [0.1, 0.15) is 32.3 Å². The highest BCUT2D eigenvalue weighted by atomic mass is 32.2. The molecule has 1 saturated heterocycles. The highest BCUT2D eigenvalue weighted by Crippen LogP contribution is 2.31. The summed E-state index contributed by atoms with van der Waals surface area (Å²) in [4.78, 5) is 13.1. The van der Waals surface area contributed by atoms with E-state index in [0.717, 1.165) is 9.87 Å². The first-order valence-electron chi connectivity index (χ1n) is 10.7. The minimum atomic E-state index is -3.89. The minimum Gasteiger partial charge on any atom is -0.506 e. The molecule has 9 nitrogen and oxygen atoms in total. The molecule has 0 spiro atoms. The first-order valence-corrected chi connectivity index (χ1v) is 13.6. The molecule has 1 aliphatic heterocycles. The topological polar surface area (TPSA) is 124 Å². The smallest absolute Gasteiger partial charge is 0.243 e. The molecule has 1 fully saturated rings. The Morgan fingerprint density at radius 2 is 1.67 bits per heavy atom. The maximum Gasteiger partial charge on any atom is 0.243 e. The molecule has 180 valence electrons. The molecule has 1 aliphatic rings. The summed E-state index contributed by atoms with van der Waals surface area (Å²) in [6.45, 7) is 6.02.